The van der Waals surface area contributed by atoms with Crippen LogP contribution in [0.15, 0.2) is 84.9 Å². The van der Waals surface area contributed by atoms with E-state index in [0.29, 0.717) is 24.7 Å². The summed E-state index contributed by atoms with van der Waals surface area (Å²) in [4.78, 5) is 12.2. The lowest BCUT2D eigenvalue weighted by atomic mass is 9.88. The third-order valence-electron chi connectivity index (χ3n) is 4.46. The second-order valence-corrected chi connectivity index (χ2v) is 6.36. The Kier molecular flexibility index (Phi) is 7.08. The first kappa shape index (κ1) is 19.5. The molecular weight excluding hydrogens is 350 g/mol. The molecule has 3 rings (SSSR count). The van der Waals surface area contributed by atoms with E-state index in [1.807, 2.05) is 55.5 Å². The van der Waals surface area contributed by atoms with E-state index < -0.39 is 6.09 Å². The molecule has 0 unspecified atom stereocenters. The molecule has 0 aliphatic rings. The van der Waals surface area contributed by atoms with E-state index in [0.717, 1.165) is 6.42 Å². The predicted octanol–water partition coefficient (Wildman–Crippen LogP) is 5.40. The molecule has 4 nitrogen and oxygen atoms in total. The van der Waals surface area contributed by atoms with Crippen LogP contribution in [0, 0.1) is 0 Å². The van der Waals surface area contributed by atoms with Gasteiger partial charge in [0.05, 0.1) is 6.61 Å². The van der Waals surface area contributed by atoms with Gasteiger partial charge in [-0.05, 0) is 36.6 Å². The number of nitrogens with one attached hydrogen (secondary N) is 1. The SMILES string of the molecule is CCOc1ccccc1OC(=O)NCCC(c1ccccc1)c1ccccc1. The fourth-order valence-corrected chi connectivity index (χ4v) is 3.16. The van der Waals surface area contributed by atoms with E-state index in [-0.39, 0.29) is 5.92 Å². The zero-order valence-corrected chi connectivity index (χ0v) is 16.0. The molecule has 0 atom stereocenters. The first-order chi connectivity index (χ1) is 13.8. The summed E-state index contributed by atoms with van der Waals surface area (Å²) in [5, 5.41) is 2.85. The van der Waals surface area contributed by atoms with Gasteiger partial charge in [0.1, 0.15) is 0 Å². The Morgan fingerprint density at radius 3 is 1.93 bits per heavy atom. The molecule has 28 heavy (non-hydrogen) atoms. The molecule has 0 aliphatic carbocycles. The number of amides is 1. The minimum absolute atomic E-state index is 0.207. The van der Waals surface area contributed by atoms with Crippen molar-refractivity contribution in [3.05, 3.63) is 96.1 Å². The molecule has 144 valence electrons. The van der Waals surface area contributed by atoms with E-state index in [1.165, 1.54) is 11.1 Å². The molecule has 3 aromatic carbocycles. The maximum Gasteiger partial charge on any atom is 0.412 e. The van der Waals surface area contributed by atoms with Gasteiger partial charge in [0, 0.05) is 12.5 Å². The Hall–Kier alpha value is -3.27. The number of carbonyl (C=O) groups is 1. The number of rotatable bonds is 8. The standard InChI is InChI=1S/C24H25NO3/c1-2-27-22-15-9-10-16-23(22)28-24(26)25-18-17-21(19-11-5-3-6-12-19)20-13-7-4-8-14-20/h3-16,21H,2,17-18H2,1H3,(H,25,26). The van der Waals surface area contributed by atoms with Crippen LogP contribution in [-0.4, -0.2) is 19.2 Å². The number of carbonyl (C=O) groups excluding carboxylic acids is 1. The summed E-state index contributed by atoms with van der Waals surface area (Å²) in [6.45, 7) is 2.91. The Morgan fingerprint density at radius 2 is 1.36 bits per heavy atom. The third kappa shape index (κ3) is 5.36. The Bertz CT molecular complexity index is 826. The van der Waals surface area contributed by atoms with Crippen molar-refractivity contribution in [2.75, 3.05) is 13.2 Å². The maximum absolute atomic E-state index is 12.2. The second-order valence-electron chi connectivity index (χ2n) is 6.36. The Balaban J connectivity index is 1.61. The van der Waals surface area contributed by atoms with Crippen molar-refractivity contribution in [1.29, 1.82) is 0 Å². The fourth-order valence-electron chi connectivity index (χ4n) is 3.16. The second kappa shape index (κ2) is 10.2. The van der Waals surface area contributed by atoms with Crippen LogP contribution < -0.4 is 14.8 Å². The fraction of sp³-hybridized carbons (Fsp3) is 0.208. The Morgan fingerprint density at radius 1 is 0.821 bits per heavy atom. The molecule has 0 heterocycles. The van der Waals surface area contributed by atoms with E-state index in [4.69, 9.17) is 9.47 Å². The molecule has 0 radical (unpaired) electrons. The number of para-hydroxylation sites is 2. The number of ether oxygens (including phenoxy) is 2. The molecule has 0 spiro atoms. The van der Waals surface area contributed by atoms with Crippen molar-refractivity contribution in [2.45, 2.75) is 19.3 Å². The average Bonchev–Trinajstić information content (AvgIpc) is 2.74. The molecule has 0 aliphatic heterocycles. The van der Waals surface area contributed by atoms with Gasteiger partial charge in [0.15, 0.2) is 11.5 Å². The number of hydrogen-bond donors (Lipinski definition) is 1. The highest BCUT2D eigenvalue weighted by molar-refractivity contribution is 5.71. The highest BCUT2D eigenvalue weighted by Gasteiger charge is 2.15. The van der Waals surface area contributed by atoms with E-state index in [9.17, 15) is 4.79 Å². The van der Waals surface area contributed by atoms with Crippen molar-refractivity contribution in [1.82, 2.24) is 5.32 Å². The van der Waals surface area contributed by atoms with Crippen molar-refractivity contribution in [3.8, 4) is 11.5 Å². The molecule has 4 heteroatoms. The minimum Gasteiger partial charge on any atom is -0.490 e. The van der Waals surface area contributed by atoms with Crippen LogP contribution in [0.3, 0.4) is 0 Å². The normalized spacial score (nSPS) is 10.5. The summed E-state index contributed by atoms with van der Waals surface area (Å²) in [5.74, 6) is 1.19. The van der Waals surface area contributed by atoms with Crippen LogP contribution in [0.5, 0.6) is 11.5 Å². The zero-order chi connectivity index (χ0) is 19.6. The molecule has 3 aromatic rings. The van der Waals surface area contributed by atoms with Crippen LogP contribution in [0.1, 0.15) is 30.4 Å². The first-order valence-electron chi connectivity index (χ1n) is 9.55. The van der Waals surface area contributed by atoms with Crippen LogP contribution in [0.25, 0.3) is 0 Å². The van der Waals surface area contributed by atoms with Crippen LogP contribution >= 0.6 is 0 Å². The van der Waals surface area contributed by atoms with Gasteiger partial charge >= 0.3 is 6.09 Å². The van der Waals surface area contributed by atoms with Crippen molar-refractivity contribution < 1.29 is 14.3 Å². The smallest absolute Gasteiger partial charge is 0.412 e. The van der Waals surface area contributed by atoms with Crippen molar-refractivity contribution in [3.63, 3.8) is 0 Å². The van der Waals surface area contributed by atoms with Gasteiger partial charge in [0.25, 0.3) is 0 Å². The van der Waals surface area contributed by atoms with Gasteiger partial charge in [-0.15, -0.1) is 0 Å². The van der Waals surface area contributed by atoms with Crippen molar-refractivity contribution >= 4 is 6.09 Å². The summed E-state index contributed by atoms with van der Waals surface area (Å²) >= 11 is 0. The van der Waals surface area contributed by atoms with E-state index in [1.54, 1.807) is 12.1 Å². The molecule has 0 saturated carbocycles. The van der Waals surface area contributed by atoms with Crippen LogP contribution in [-0.2, 0) is 0 Å². The van der Waals surface area contributed by atoms with Gasteiger partial charge in [-0.1, -0.05) is 72.8 Å². The molecule has 1 N–H and O–H groups in total. The summed E-state index contributed by atoms with van der Waals surface area (Å²) in [6, 6.07) is 27.8. The lowest BCUT2D eigenvalue weighted by Gasteiger charge is -2.18. The topological polar surface area (TPSA) is 47.6 Å². The summed E-state index contributed by atoms with van der Waals surface area (Å²) in [5.41, 5.74) is 2.45. The molecule has 0 aromatic heterocycles. The lowest BCUT2D eigenvalue weighted by molar-refractivity contribution is 0.197. The lowest BCUT2D eigenvalue weighted by Crippen LogP contribution is -2.29. The summed E-state index contributed by atoms with van der Waals surface area (Å²) < 4.78 is 10.9. The Labute approximate surface area is 166 Å². The highest BCUT2D eigenvalue weighted by Crippen LogP contribution is 2.28. The average molecular weight is 375 g/mol. The van der Waals surface area contributed by atoms with Crippen LogP contribution in [0.2, 0.25) is 0 Å². The van der Waals surface area contributed by atoms with Gasteiger partial charge in [-0.2, -0.15) is 0 Å². The largest absolute Gasteiger partial charge is 0.490 e. The number of benzene rings is 3. The van der Waals surface area contributed by atoms with E-state index >= 15 is 0 Å². The van der Waals surface area contributed by atoms with Gasteiger partial charge in [0.2, 0.25) is 0 Å². The number of hydrogen-bond acceptors (Lipinski definition) is 3. The monoisotopic (exact) mass is 375 g/mol. The van der Waals surface area contributed by atoms with Gasteiger partial charge in [-0.3, -0.25) is 0 Å². The summed E-state index contributed by atoms with van der Waals surface area (Å²) in [7, 11) is 0. The summed E-state index contributed by atoms with van der Waals surface area (Å²) in [6.07, 6.45) is 0.294. The molecular formula is C24H25NO3. The quantitative estimate of drug-likeness (QED) is 0.574. The van der Waals surface area contributed by atoms with Gasteiger partial charge in [-0.25, -0.2) is 4.79 Å². The first-order valence-corrected chi connectivity index (χ1v) is 9.55. The van der Waals surface area contributed by atoms with Crippen molar-refractivity contribution in [2.24, 2.45) is 0 Å². The van der Waals surface area contributed by atoms with Crippen LogP contribution in [0.4, 0.5) is 4.79 Å². The molecule has 0 saturated heterocycles. The maximum atomic E-state index is 12.2. The third-order valence-corrected chi connectivity index (χ3v) is 4.46. The zero-order valence-electron chi connectivity index (χ0n) is 16.0. The predicted molar refractivity (Wildman–Crippen MR) is 111 cm³/mol. The molecule has 1 amide bonds. The highest BCUT2D eigenvalue weighted by atomic mass is 16.6. The van der Waals surface area contributed by atoms with E-state index in [2.05, 4.69) is 29.6 Å². The molecule has 0 bridgehead atoms. The van der Waals surface area contributed by atoms with Gasteiger partial charge < -0.3 is 14.8 Å². The minimum atomic E-state index is -0.480. The molecule has 0 fully saturated rings.